The number of ether oxygens (including phenoxy) is 1. The van der Waals surface area contributed by atoms with Gasteiger partial charge in [0, 0.05) is 5.56 Å². The van der Waals surface area contributed by atoms with Crippen molar-refractivity contribution in [2.45, 2.75) is 39.2 Å². The van der Waals surface area contributed by atoms with Crippen LogP contribution < -0.4 is 4.74 Å². The van der Waals surface area contributed by atoms with Crippen molar-refractivity contribution in [1.29, 1.82) is 0 Å². The maximum absolute atomic E-state index is 10.9. The molecule has 0 aliphatic heterocycles. The van der Waals surface area contributed by atoms with Crippen molar-refractivity contribution in [2.24, 2.45) is 0 Å². The average molecular weight is 266 g/mol. The van der Waals surface area contributed by atoms with E-state index in [0.717, 1.165) is 0 Å². The Labute approximate surface area is 111 Å². The Hall–Kier alpha value is -2.04. The van der Waals surface area contributed by atoms with E-state index in [2.05, 4.69) is 0 Å². The first-order valence-electron chi connectivity index (χ1n) is 5.92. The zero-order chi connectivity index (χ0) is 14.6. The van der Waals surface area contributed by atoms with Gasteiger partial charge in [0.05, 0.1) is 12.8 Å². The molecule has 0 unspecified atom stereocenters. The topological polar surface area (TPSA) is 83.8 Å². The number of carboxylic acids is 2. The Morgan fingerprint density at radius 1 is 1.11 bits per heavy atom. The molecule has 5 nitrogen and oxygen atoms in total. The highest BCUT2D eigenvalue weighted by atomic mass is 16.5. The molecule has 1 aromatic carbocycles. The summed E-state index contributed by atoms with van der Waals surface area (Å²) < 4.78 is 5.70. The van der Waals surface area contributed by atoms with E-state index >= 15 is 0 Å². The summed E-state index contributed by atoms with van der Waals surface area (Å²) >= 11 is 0. The highest BCUT2D eigenvalue weighted by Crippen LogP contribution is 2.27. The molecule has 0 radical (unpaired) electrons. The first kappa shape index (κ1) is 15.0. The minimum absolute atomic E-state index is 0.218. The summed E-state index contributed by atoms with van der Waals surface area (Å²) in [6.45, 7) is 5.55. The molecule has 0 aromatic heterocycles. The lowest BCUT2D eigenvalue weighted by atomic mass is 10.00. The van der Waals surface area contributed by atoms with Crippen molar-refractivity contribution in [3.8, 4) is 5.75 Å². The molecule has 0 saturated heterocycles. The van der Waals surface area contributed by atoms with Crippen LogP contribution in [0.3, 0.4) is 0 Å². The standard InChI is InChI=1S/C14H18O5/c1-14(2,3)19-11-6-4-5-9(7-12(15)16)10(11)8-13(17)18/h4-6H,7-8H2,1-3H3,(H,15,16)(H,17,18). The molecule has 1 rings (SSSR count). The van der Waals surface area contributed by atoms with Crippen molar-refractivity contribution in [1.82, 2.24) is 0 Å². The van der Waals surface area contributed by atoms with E-state index in [0.29, 0.717) is 16.9 Å². The van der Waals surface area contributed by atoms with Gasteiger partial charge in [-0.3, -0.25) is 9.59 Å². The molecule has 0 amide bonds. The van der Waals surface area contributed by atoms with Crippen molar-refractivity contribution >= 4 is 11.9 Å². The summed E-state index contributed by atoms with van der Waals surface area (Å²) in [4.78, 5) is 21.7. The minimum Gasteiger partial charge on any atom is -0.488 e. The Kier molecular flexibility index (Phi) is 4.53. The maximum atomic E-state index is 10.9. The lowest BCUT2D eigenvalue weighted by Crippen LogP contribution is -2.24. The van der Waals surface area contributed by atoms with E-state index in [1.807, 2.05) is 20.8 Å². The van der Waals surface area contributed by atoms with Crippen LogP contribution in [0.25, 0.3) is 0 Å². The zero-order valence-electron chi connectivity index (χ0n) is 11.3. The molecule has 5 heteroatoms. The number of hydrogen-bond acceptors (Lipinski definition) is 3. The Bertz CT molecular complexity index is 485. The zero-order valence-corrected chi connectivity index (χ0v) is 11.3. The van der Waals surface area contributed by atoms with Crippen LogP contribution in [0.15, 0.2) is 18.2 Å². The van der Waals surface area contributed by atoms with Crippen LogP contribution in [0, 0.1) is 0 Å². The summed E-state index contributed by atoms with van der Waals surface area (Å²) in [5.74, 6) is -1.59. The monoisotopic (exact) mass is 266 g/mol. The van der Waals surface area contributed by atoms with Crippen LogP contribution >= 0.6 is 0 Å². The molecular formula is C14H18O5. The molecule has 0 heterocycles. The first-order valence-corrected chi connectivity index (χ1v) is 5.92. The second-order valence-corrected chi connectivity index (χ2v) is 5.25. The molecule has 0 bridgehead atoms. The molecule has 0 atom stereocenters. The number of carbonyl (C=O) groups is 2. The molecule has 0 spiro atoms. The molecule has 2 N–H and O–H groups in total. The van der Waals surface area contributed by atoms with Crippen LogP contribution in [0.4, 0.5) is 0 Å². The lowest BCUT2D eigenvalue weighted by molar-refractivity contribution is -0.137. The average Bonchev–Trinajstić information content (AvgIpc) is 2.19. The summed E-state index contributed by atoms with van der Waals surface area (Å²) in [7, 11) is 0. The predicted molar refractivity (Wildman–Crippen MR) is 69.5 cm³/mol. The minimum atomic E-state index is -1.02. The maximum Gasteiger partial charge on any atom is 0.307 e. The smallest absolute Gasteiger partial charge is 0.307 e. The van der Waals surface area contributed by atoms with Crippen molar-refractivity contribution in [3.05, 3.63) is 29.3 Å². The first-order chi connectivity index (χ1) is 8.69. The van der Waals surface area contributed by atoms with Crippen LogP contribution in [0.2, 0.25) is 0 Å². The van der Waals surface area contributed by atoms with Crippen LogP contribution in [0.5, 0.6) is 5.75 Å². The fourth-order valence-electron chi connectivity index (χ4n) is 1.72. The van der Waals surface area contributed by atoms with Gasteiger partial charge in [0.25, 0.3) is 0 Å². The fourth-order valence-corrected chi connectivity index (χ4v) is 1.72. The van der Waals surface area contributed by atoms with Crippen molar-refractivity contribution < 1.29 is 24.5 Å². The van der Waals surface area contributed by atoms with E-state index < -0.39 is 17.5 Å². The number of hydrogen-bond donors (Lipinski definition) is 2. The fraction of sp³-hybridized carbons (Fsp3) is 0.429. The Balaban J connectivity index is 3.21. The SMILES string of the molecule is CC(C)(C)Oc1cccc(CC(=O)O)c1CC(=O)O. The summed E-state index contributed by atoms with van der Waals surface area (Å²) in [5, 5.41) is 17.8. The van der Waals surface area contributed by atoms with Crippen LogP contribution in [-0.2, 0) is 22.4 Å². The highest BCUT2D eigenvalue weighted by molar-refractivity contribution is 5.75. The molecule has 0 fully saturated rings. The van der Waals surface area contributed by atoms with E-state index in [4.69, 9.17) is 14.9 Å². The third-order valence-corrected chi connectivity index (χ3v) is 2.32. The summed E-state index contributed by atoms with van der Waals surface area (Å²) in [6, 6.07) is 4.95. The van der Waals surface area contributed by atoms with Gasteiger partial charge in [-0.1, -0.05) is 12.1 Å². The van der Waals surface area contributed by atoms with Crippen LogP contribution in [0.1, 0.15) is 31.9 Å². The highest BCUT2D eigenvalue weighted by Gasteiger charge is 2.19. The second kappa shape index (κ2) is 5.73. The molecule has 104 valence electrons. The third kappa shape index (κ3) is 4.99. The van der Waals surface area contributed by atoms with Gasteiger partial charge in [-0.25, -0.2) is 0 Å². The van der Waals surface area contributed by atoms with Gasteiger partial charge in [0.1, 0.15) is 11.4 Å². The quantitative estimate of drug-likeness (QED) is 0.852. The normalized spacial score (nSPS) is 11.1. The van der Waals surface area contributed by atoms with Gasteiger partial charge in [-0.15, -0.1) is 0 Å². The van der Waals surface area contributed by atoms with E-state index in [9.17, 15) is 9.59 Å². The van der Waals surface area contributed by atoms with Gasteiger partial charge < -0.3 is 14.9 Å². The predicted octanol–water partition coefficient (Wildman–Crippen LogP) is 2.12. The number of benzene rings is 1. The Morgan fingerprint density at radius 3 is 2.16 bits per heavy atom. The third-order valence-electron chi connectivity index (χ3n) is 2.32. The number of aliphatic carboxylic acids is 2. The van der Waals surface area contributed by atoms with Crippen molar-refractivity contribution in [2.75, 3.05) is 0 Å². The van der Waals surface area contributed by atoms with Crippen LogP contribution in [-0.4, -0.2) is 27.8 Å². The molecule has 19 heavy (non-hydrogen) atoms. The van der Waals surface area contributed by atoms with E-state index in [1.165, 1.54) is 0 Å². The van der Waals surface area contributed by atoms with E-state index in [-0.39, 0.29) is 12.8 Å². The number of carboxylic acid groups (broad SMARTS) is 2. The molecule has 0 aliphatic rings. The number of rotatable bonds is 5. The van der Waals surface area contributed by atoms with Gasteiger partial charge in [-0.05, 0) is 32.4 Å². The largest absolute Gasteiger partial charge is 0.488 e. The van der Waals surface area contributed by atoms with E-state index in [1.54, 1.807) is 18.2 Å². The van der Waals surface area contributed by atoms with Gasteiger partial charge in [-0.2, -0.15) is 0 Å². The van der Waals surface area contributed by atoms with Gasteiger partial charge in [0.2, 0.25) is 0 Å². The second-order valence-electron chi connectivity index (χ2n) is 5.25. The van der Waals surface area contributed by atoms with Gasteiger partial charge in [0.15, 0.2) is 0 Å². The van der Waals surface area contributed by atoms with Gasteiger partial charge >= 0.3 is 11.9 Å². The molecule has 0 saturated carbocycles. The molecule has 1 aromatic rings. The van der Waals surface area contributed by atoms with Crippen molar-refractivity contribution in [3.63, 3.8) is 0 Å². The summed E-state index contributed by atoms with van der Waals surface area (Å²) in [6.07, 6.45) is -0.473. The molecule has 0 aliphatic carbocycles. The summed E-state index contributed by atoms with van der Waals surface area (Å²) in [5.41, 5.74) is 0.415. The Morgan fingerprint density at radius 2 is 1.68 bits per heavy atom. The lowest BCUT2D eigenvalue weighted by Gasteiger charge is -2.24. The molecular weight excluding hydrogens is 248 g/mol.